The number of esters is 3. The number of phosphoric ester groups is 2. The van der Waals surface area contributed by atoms with Crippen molar-refractivity contribution in [3.8, 4) is 0 Å². The lowest BCUT2D eigenvalue weighted by Gasteiger charge is -2.21. The Balaban J connectivity index is 4.64. The van der Waals surface area contributed by atoms with Gasteiger partial charge in [0.05, 0.1) is 26.4 Å². The number of phosphoric acid groups is 2. The molecule has 690 valence electrons. The molecule has 0 amide bonds. The Morgan fingerprint density at radius 2 is 0.413 bits per heavy atom. The summed E-state index contributed by atoms with van der Waals surface area (Å²) < 4.78 is 61.6. The first-order valence-electron chi connectivity index (χ1n) is 47.7. The van der Waals surface area contributed by atoms with E-state index in [1.165, 1.54) is 128 Å². The van der Waals surface area contributed by atoms with Crippen LogP contribution in [0.5, 0.6) is 0 Å². The molecule has 121 heavy (non-hydrogen) atoms. The number of rotatable bonds is 89. The molecule has 0 aromatic rings. The molecular formula is C103H172O16P2. The SMILES string of the molecule is CC/C=C\C/C=C\C/C=C\C/C=C\C/C=C\C/C=C\CCCCCCCCCCCCCCC(=O)OCC(O)COP(=O)(O)OCC(O)COP(=O)(O)OCC(COC(=O)CCCCCCCCCCCCCCC/C=C\C/C=C\C/C=C\C/C=C\C/C=C\CC)OC(=O)CCCCCCCCCCC/C=C\C/C=C\C/C=C\C/C=C\C/C=C\CC. The van der Waals surface area contributed by atoms with Crippen LogP contribution in [0.3, 0.4) is 0 Å². The molecule has 0 saturated heterocycles. The van der Waals surface area contributed by atoms with Gasteiger partial charge in [0.2, 0.25) is 0 Å². The van der Waals surface area contributed by atoms with Crippen LogP contribution in [-0.4, -0.2) is 95.9 Å². The summed E-state index contributed by atoms with van der Waals surface area (Å²) in [6.45, 7) is 2.37. The van der Waals surface area contributed by atoms with E-state index in [-0.39, 0.29) is 19.3 Å². The maximum atomic E-state index is 13.1. The molecule has 0 fully saturated rings. The van der Waals surface area contributed by atoms with Crippen LogP contribution in [-0.2, 0) is 55.8 Å². The van der Waals surface area contributed by atoms with Crippen LogP contribution in [0.25, 0.3) is 0 Å². The van der Waals surface area contributed by atoms with Crippen LogP contribution in [0.4, 0.5) is 0 Å². The van der Waals surface area contributed by atoms with E-state index in [1.807, 2.05) is 0 Å². The molecule has 0 aliphatic heterocycles. The van der Waals surface area contributed by atoms with Gasteiger partial charge in [-0.2, -0.15) is 0 Å². The van der Waals surface area contributed by atoms with Gasteiger partial charge in [-0.1, -0.05) is 395 Å². The second-order valence-electron chi connectivity index (χ2n) is 31.4. The zero-order chi connectivity index (χ0) is 87.9. The Labute approximate surface area is 737 Å². The molecule has 0 aromatic carbocycles. The molecule has 0 bridgehead atoms. The fourth-order valence-electron chi connectivity index (χ4n) is 12.7. The van der Waals surface area contributed by atoms with E-state index < -0.39 is 91.5 Å². The van der Waals surface area contributed by atoms with Gasteiger partial charge in [0, 0.05) is 19.3 Å². The summed E-state index contributed by atoms with van der Waals surface area (Å²) in [7, 11) is -9.82. The predicted molar refractivity (Wildman–Crippen MR) is 509 cm³/mol. The Morgan fingerprint density at radius 3 is 0.653 bits per heavy atom. The second kappa shape index (κ2) is 93.5. The molecular weight excluding hydrogens is 1560 g/mol. The van der Waals surface area contributed by atoms with Crippen LogP contribution >= 0.6 is 15.6 Å². The highest BCUT2D eigenvalue weighted by atomic mass is 31.2. The first-order valence-corrected chi connectivity index (χ1v) is 50.7. The van der Waals surface area contributed by atoms with Crippen molar-refractivity contribution in [1.29, 1.82) is 0 Å². The number of hydrogen-bond acceptors (Lipinski definition) is 14. The quantitative estimate of drug-likeness (QED) is 0.0146. The highest BCUT2D eigenvalue weighted by Crippen LogP contribution is 2.45. The summed E-state index contributed by atoms with van der Waals surface area (Å²) in [4.78, 5) is 59.1. The first-order chi connectivity index (χ1) is 59.2. The Hall–Kier alpha value is -5.61. The third-order valence-corrected chi connectivity index (χ3v) is 21.7. The first kappa shape index (κ1) is 115. The number of carbonyl (C=O) groups is 3. The van der Waals surface area contributed by atoms with Crippen molar-refractivity contribution in [3.63, 3.8) is 0 Å². The number of unbranched alkanes of at least 4 members (excludes halogenated alkanes) is 34. The standard InChI is InChI=1S/C103H172O16P2/c1-4-7-10-13-16-19-22-25-28-31-34-37-40-43-45-47-48-50-52-54-56-59-62-65-68-71-74-77-80-83-86-89-101(106)113-92-98(104)93-115-120(109,110)116-94-99(105)95-117-121(111,112)118-97-100(119-103(108)91-88-85-82-79-76-73-70-67-64-61-58-53-42-39-36-33-30-27-24-21-18-15-12-9-6-3)96-114-102(107)90-87-84-81-78-75-72-69-66-63-60-57-55-51-49-46-44-41-38-35-32-29-26-23-20-17-14-11-8-5-2/h7-12,16-21,25-30,34-39,43-46,48,50,53,58,98-100,104-105H,4-6,13-15,22-24,31-33,40-42,47,49,51-52,54-57,59-97H2,1-3H3,(H,109,110)(H,111,112)/b10-7-,11-8-,12-9-,19-16-,20-17-,21-18-,28-25-,29-26-,30-27-,37-34-,38-35-,39-36-,45-43-,46-44-,50-48-,58-53-. The fraction of sp³-hybridized carbons (Fsp3) is 0.660. The fourth-order valence-corrected chi connectivity index (χ4v) is 14.3. The number of hydrogen-bond donors (Lipinski definition) is 4. The minimum Gasteiger partial charge on any atom is -0.463 e. The second-order valence-corrected chi connectivity index (χ2v) is 34.3. The highest BCUT2D eigenvalue weighted by molar-refractivity contribution is 7.47. The maximum Gasteiger partial charge on any atom is 0.472 e. The summed E-state index contributed by atoms with van der Waals surface area (Å²) in [5.74, 6) is -1.58. The van der Waals surface area contributed by atoms with E-state index in [9.17, 15) is 43.5 Å². The average Bonchev–Trinajstić information content (AvgIpc) is 0.894. The van der Waals surface area contributed by atoms with Gasteiger partial charge in [-0.25, -0.2) is 9.13 Å². The monoisotopic (exact) mass is 1730 g/mol. The molecule has 5 atom stereocenters. The van der Waals surface area contributed by atoms with Gasteiger partial charge < -0.3 is 34.2 Å². The normalized spacial score (nSPS) is 14.6. The molecule has 0 spiro atoms. The lowest BCUT2D eigenvalue weighted by Crippen LogP contribution is -2.30. The Kier molecular flexibility index (Phi) is 89.2. The average molecular weight is 1730 g/mol. The van der Waals surface area contributed by atoms with Gasteiger partial charge in [0.15, 0.2) is 6.10 Å². The van der Waals surface area contributed by atoms with E-state index in [0.717, 1.165) is 193 Å². The van der Waals surface area contributed by atoms with Crippen molar-refractivity contribution in [2.24, 2.45) is 0 Å². The van der Waals surface area contributed by atoms with E-state index in [0.29, 0.717) is 19.3 Å². The van der Waals surface area contributed by atoms with Gasteiger partial charge in [0.1, 0.15) is 25.4 Å². The topological polar surface area (TPSA) is 231 Å². The van der Waals surface area contributed by atoms with Crippen molar-refractivity contribution < 1.29 is 75.8 Å². The molecule has 18 heteroatoms. The third-order valence-electron chi connectivity index (χ3n) is 19.8. The Morgan fingerprint density at radius 1 is 0.231 bits per heavy atom. The van der Waals surface area contributed by atoms with Crippen LogP contribution < -0.4 is 0 Å². The van der Waals surface area contributed by atoms with Crippen molar-refractivity contribution in [2.45, 2.75) is 399 Å². The van der Waals surface area contributed by atoms with E-state index in [4.69, 9.17) is 32.3 Å². The molecule has 0 rings (SSSR count). The number of aliphatic hydroxyl groups is 2. The molecule has 4 N–H and O–H groups in total. The summed E-state index contributed by atoms with van der Waals surface area (Å²) in [6, 6.07) is 0. The molecule has 5 unspecified atom stereocenters. The van der Waals surface area contributed by atoms with E-state index >= 15 is 0 Å². The van der Waals surface area contributed by atoms with Crippen molar-refractivity contribution in [1.82, 2.24) is 0 Å². The van der Waals surface area contributed by atoms with E-state index in [2.05, 4.69) is 215 Å². The predicted octanol–water partition coefficient (Wildman–Crippen LogP) is 29.8. The Bertz CT molecular complexity index is 2980. The van der Waals surface area contributed by atoms with Crippen molar-refractivity contribution in [3.05, 3.63) is 194 Å². The van der Waals surface area contributed by atoms with Crippen LogP contribution in [0, 0.1) is 0 Å². The molecule has 0 aliphatic rings. The van der Waals surface area contributed by atoms with Gasteiger partial charge >= 0.3 is 33.6 Å². The van der Waals surface area contributed by atoms with Gasteiger partial charge in [0.25, 0.3) is 0 Å². The van der Waals surface area contributed by atoms with Gasteiger partial charge in [-0.15, -0.1) is 0 Å². The maximum absolute atomic E-state index is 13.1. The molecule has 0 radical (unpaired) electrons. The van der Waals surface area contributed by atoms with Crippen LogP contribution in [0.15, 0.2) is 194 Å². The zero-order valence-electron chi connectivity index (χ0n) is 76.1. The summed E-state index contributed by atoms with van der Waals surface area (Å²) in [6.07, 6.45) is 125. The molecule has 16 nitrogen and oxygen atoms in total. The molecule has 0 aliphatic carbocycles. The number of aliphatic hydroxyl groups excluding tert-OH is 2. The van der Waals surface area contributed by atoms with Crippen LogP contribution in [0.2, 0.25) is 0 Å². The minimum absolute atomic E-state index is 0.0915. The van der Waals surface area contributed by atoms with Gasteiger partial charge in [-0.3, -0.25) is 32.5 Å². The molecule has 0 aromatic heterocycles. The third kappa shape index (κ3) is 94.9. The highest BCUT2D eigenvalue weighted by Gasteiger charge is 2.30. The lowest BCUT2D eigenvalue weighted by molar-refractivity contribution is -0.161. The molecule has 0 saturated carbocycles. The smallest absolute Gasteiger partial charge is 0.463 e. The van der Waals surface area contributed by atoms with Crippen molar-refractivity contribution in [2.75, 3.05) is 39.6 Å². The van der Waals surface area contributed by atoms with Gasteiger partial charge in [-0.05, 0) is 161 Å². The van der Waals surface area contributed by atoms with Crippen molar-refractivity contribution >= 4 is 33.6 Å². The zero-order valence-corrected chi connectivity index (χ0v) is 77.9. The number of allylic oxidation sites excluding steroid dienone is 32. The summed E-state index contributed by atoms with van der Waals surface area (Å²) in [5.41, 5.74) is 0. The summed E-state index contributed by atoms with van der Waals surface area (Å²) in [5, 5.41) is 20.8. The number of ether oxygens (including phenoxy) is 3. The summed E-state index contributed by atoms with van der Waals surface area (Å²) >= 11 is 0. The van der Waals surface area contributed by atoms with E-state index in [1.54, 1.807) is 0 Å². The largest absolute Gasteiger partial charge is 0.472 e. The lowest BCUT2D eigenvalue weighted by atomic mass is 10.0. The van der Waals surface area contributed by atoms with Crippen LogP contribution in [0.1, 0.15) is 380 Å². The molecule has 0 heterocycles. The number of carbonyl (C=O) groups excluding carboxylic acids is 3. The minimum atomic E-state index is -4.95.